The number of ether oxygens (including phenoxy) is 2. The summed E-state index contributed by atoms with van der Waals surface area (Å²) in [6.07, 6.45) is -3.38. The topological polar surface area (TPSA) is 93.7 Å². The third-order valence-corrected chi connectivity index (χ3v) is 7.30. The van der Waals surface area contributed by atoms with Crippen LogP contribution in [0, 0.1) is 0 Å². The normalized spacial score (nSPS) is 13.0. The average molecular weight is 627 g/mol. The Kier molecular flexibility index (Phi) is 12.2. The lowest BCUT2D eigenvalue weighted by atomic mass is 9.83. The molecule has 0 bridgehead atoms. The Morgan fingerprint density at radius 2 is 1.33 bits per heavy atom. The second-order valence-corrected chi connectivity index (χ2v) is 11.7. The van der Waals surface area contributed by atoms with Crippen LogP contribution < -0.4 is 15.4 Å². The third kappa shape index (κ3) is 10.7. The molecule has 3 aromatic carbocycles. The van der Waals surface area contributed by atoms with Gasteiger partial charge in [0.15, 0.2) is 0 Å². The number of carbonyl (C=O) groups is 3. The first-order valence-corrected chi connectivity index (χ1v) is 15.0. The van der Waals surface area contributed by atoms with E-state index in [0.717, 1.165) is 17.5 Å². The van der Waals surface area contributed by atoms with E-state index in [0.29, 0.717) is 23.1 Å². The van der Waals surface area contributed by atoms with Gasteiger partial charge in [-0.25, -0.2) is 0 Å². The third-order valence-electron chi connectivity index (χ3n) is 7.30. The molecule has 2 unspecified atom stereocenters. The zero-order valence-corrected chi connectivity index (χ0v) is 26.3. The minimum atomic E-state index is -4.83. The van der Waals surface area contributed by atoms with Crippen LogP contribution in [0.3, 0.4) is 0 Å². The van der Waals surface area contributed by atoms with E-state index >= 15 is 0 Å². The minimum Gasteiger partial charge on any atom is -0.466 e. The second kappa shape index (κ2) is 15.6. The molecule has 0 aliphatic carbocycles. The van der Waals surface area contributed by atoms with E-state index in [9.17, 15) is 27.6 Å². The second-order valence-electron chi connectivity index (χ2n) is 11.7. The molecular weight excluding hydrogens is 585 g/mol. The van der Waals surface area contributed by atoms with E-state index in [2.05, 4.69) is 36.1 Å². The van der Waals surface area contributed by atoms with Crippen molar-refractivity contribution in [2.75, 3.05) is 13.2 Å². The van der Waals surface area contributed by atoms with Gasteiger partial charge in [-0.15, -0.1) is 13.2 Å². The van der Waals surface area contributed by atoms with Gasteiger partial charge in [0.25, 0.3) is 11.8 Å². The fourth-order valence-corrected chi connectivity index (χ4v) is 4.97. The number of nitrogens with one attached hydrogen (secondary N) is 2. The maximum Gasteiger partial charge on any atom is 0.573 e. The van der Waals surface area contributed by atoms with Gasteiger partial charge in [-0.05, 0) is 71.8 Å². The molecule has 7 nitrogen and oxygen atoms in total. The van der Waals surface area contributed by atoms with Gasteiger partial charge in [0.2, 0.25) is 0 Å². The highest BCUT2D eigenvalue weighted by Gasteiger charge is 2.32. The van der Waals surface area contributed by atoms with Gasteiger partial charge in [-0.3, -0.25) is 14.4 Å². The fraction of sp³-hybridized carbons (Fsp3) is 0.400. The van der Waals surface area contributed by atoms with E-state index in [-0.39, 0.29) is 48.5 Å². The van der Waals surface area contributed by atoms with Crippen LogP contribution in [0.4, 0.5) is 13.2 Å². The summed E-state index contributed by atoms with van der Waals surface area (Å²) >= 11 is 0. The van der Waals surface area contributed by atoms with Crippen LogP contribution in [0.1, 0.15) is 103 Å². The Balaban J connectivity index is 1.90. The van der Waals surface area contributed by atoms with Gasteiger partial charge >= 0.3 is 12.3 Å². The lowest BCUT2D eigenvalue weighted by molar-refractivity contribution is -0.274. The van der Waals surface area contributed by atoms with E-state index in [1.165, 1.54) is 24.3 Å². The molecule has 10 heteroatoms. The molecule has 0 fully saturated rings. The number of carbonyl (C=O) groups excluding carboxylic acids is 3. The number of amides is 2. The number of halogens is 3. The summed E-state index contributed by atoms with van der Waals surface area (Å²) in [5.41, 5.74) is 3.27. The van der Waals surface area contributed by atoms with Crippen molar-refractivity contribution in [2.45, 2.75) is 77.6 Å². The SMILES string of the molecule is CCCC(c1ccc(C(=O)NCCC(=O)OCC)cc1)C(NC(=O)c1ccc(C(C)(C)C)cc1)c1ccc(OC(F)(F)F)cc1. The van der Waals surface area contributed by atoms with E-state index in [1.807, 2.05) is 19.1 Å². The molecule has 2 atom stereocenters. The first-order chi connectivity index (χ1) is 21.2. The maximum atomic E-state index is 13.5. The molecule has 0 saturated heterocycles. The van der Waals surface area contributed by atoms with Crippen LogP contribution in [0.25, 0.3) is 0 Å². The smallest absolute Gasteiger partial charge is 0.466 e. The molecule has 3 aromatic rings. The van der Waals surface area contributed by atoms with Crippen LogP contribution in [0.15, 0.2) is 72.8 Å². The number of esters is 1. The van der Waals surface area contributed by atoms with Crippen molar-refractivity contribution in [1.29, 1.82) is 0 Å². The summed E-state index contributed by atoms with van der Waals surface area (Å²) in [5.74, 6) is -1.70. The highest BCUT2D eigenvalue weighted by molar-refractivity contribution is 5.95. The predicted octanol–water partition coefficient (Wildman–Crippen LogP) is 7.62. The molecule has 0 saturated carbocycles. The largest absolute Gasteiger partial charge is 0.573 e. The van der Waals surface area contributed by atoms with Gasteiger partial charge in [-0.1, -0.05) is 70.5 Å². The molecule has 3 rings (SSSR count). The summed E-state index contributed by atoms with van der Waals surface area (Å²) in [6, 6.07) is 19.2. The van der Waals surface area contributed by atoms with Crippen LogP contribution in [-0.4, -0.2) is 37.3 Å². The highest BCUT2D eigenvalue weighted by atomic mass is 19.4. The zero-order valence-electron chi connectivity index (χ0n) is 26.3. The maximum absolute atomic E-state index is 13.5. The van der Waals surface area contributed by atoms with Crippen LogP contribution in [0.2, 0.25) is 0 Å². The van der Waals surface area contributed by atoms with Crippen molar-refractivity contribution in [2.24, 2.45) is 0 Å². The van der Waals surface area contributed by atoms with Crippen LogP contribution in [0.5, 0.6) is 5.75 Å². The molecule has 242 valence electrons. The van der Waals surface area contributed by atoms with E-state index < -0.39 is 18.4 Å². The van der Waals surface area contributed by atoms with E-state index in [4.69, 9.17) is 4.74 Å². The lowest BCUT2D eigenvalue weighted by Crippen LogP contribution is -2.33. The van der Waals surface area contributed by atoms with Crippen molar-refractivity contribution in [3.8, 4) is 5.75 Å². The molecule has 0 spiro atoms. The Hall–Kier alpha value is -4.34. The van der Waals surface area contributed by atoms with Crippen molar-refractivity contribution < 1.29 is 37.0 Å². The van der Waals surface area contributed by atoms with Crippen molar-refractivity contribution >= 4 is 17.8 Å². The molecule has 0 aliphatic heterocycles. The number of hydrogen-bond acceptors (Lipinski definition) is 5. The molecule has 2 N–H and O–H groups in total. The predicted molar refractivity (Wildman–Crippen MR) is 166 cm³/mol. The fourth-order valence-electron chi connectivity index (χ4n) is 4.97. The van der Waals surface area contributed by atoms with Gasteiger partial charge in [0.05, 0.1) is 19.1 Å². The van der Waals surface area contributed by atoms with Crippen molar-refractivity contribution in [3.63, 3.8) is 0 Å². The highest BCUT2D eigenvalue weighted by Crippen LogP contribution is 2.36. The van der Waals surface area contributed by atoms with Crippen LogP contribution >= 0.6 is 0 Å². The van der Waals surface area contributed by atoms with Gasteiger partial charge in [0, 0.05) is 23.6 Å². The molecule has 0 radical (unpaired) electrons. The first kappa shape index (κ1) is 35.1. The quantitative estimate of drug-likeness (QED) is 0.191. The summed E-state index contributed by atoms with van der Waals surface area (Å²) < 4.78 is 47.4. The Morgan fingerprint density at radius 1 is 0.778 bits per heavy atom. The Labute approximate surface area is 262 Å². The summed E-state index contributed by atoms with van der Waals surface area (Å²) in [5, 5.41) is 5.82. The Morgan fingerprint density at radius 3 is 1.87 bits per heavy atom. The molecule has 2 amide bonds. The first-order valence-electron chi connectivity index (χ1n) is 15.0. The Bertz CT molecular complexity index is 1410. The van der Waals surface area contributed by atoms with Gasteiger partial charge in [-0.2, -0.15) is 0 Å². The molecule has 45 heavy (non-hydrogen) atoms. The van der Waals surface area contributed by atoms with Gasteiger partial charge < -0.3 is 20.1 Å². The van der Waals surface area contributed by atoms with Crippen molar-refractivity contribution in [1.82, 2.24) is 10.6 Å². The number of rotatable bonds is 13. The van der Waals surface area contributed by atoms with E-state index in [1.54, 1.807) is 43.3 Å². The standard InChI is InChI=1S/C35H41F3N2O5/c1-6-8-29(23-9-11-25(12-10-23)32(42)39-22-21-30(41)44-7-2)31(24-15-19-28(20-16-24)45-35(36,37)38)40-33(43)26-13-17-27(18-14-26)34(3,4)5/h9-20,29,31H,6-8,21-22H2,1-5H3,(H,39,42)(H,40,43). The number of benzene rings is 3. The summed E-state index contributed by atoms with van der Waals surface area (Å²) in [4.78, 5) is 37.8. The average Bonchev–Trinajstić information content (AvgIpc) is 2.98. The van der Waals surface area contributed by atoms with Crippen LogP contribution in [-0.2, 0) is 14.9 Å². The molecule has 0 aromatic heterocycles. The minimum absolute atomic E-state index is 0.0589. The van der Waals surface area contributed by atoms with Gasteiger partial charge in [0.1, 0.15) is 5.75 Å². The van der Waals surface area contributed by atoms with Crippen molar-refractivity contribution in [3.05, 3.63) is 101 Å². The molecule has 0 aliphatic rings. The monoisotopic (exact) mass is 626 g/mol. The lowest BCUT2D eigenvalue weighted by Gasteiger charge is -2.29. The zero-order chi connectivity index (χ0) is 33.2. The number of alkyl halides is 3. The number of hydrogen-bond donors (Lipinski definition) is 2. The summed E-state index contributed by atoms with van der Waals surface area (Å²) in [7, 11) is 0. The summed E-state index contributed by atoms with van der Waals surface area (Å²) in [6.45, 7) is 10.4. The molecular formula is C35H41F3N2O5. The molecule has 0 heterocycles.